The highest BCUT2D eigenvalue weighted by molar-refractivity contribution is 7.92. The highest BCUT2D eigenvalue weighted by Gasteiger charge is 2.14. The molecule has 3 aromatic carbocycles. The molecule has 1 N–H and O–H groups in total. The number of aliphatic imine (C=N–C) groups is 1. The van der Waals surface area contributed by atoms with E-state index in [1.807, 2.05) is 24.3 Å². The van der Waals surface area contributed by atoms with Gasteiger partial charge in [-0.1, -0.05) is 48.5 Å². The number of benzene rings is 3. The van der Waals surface area contributed by atoms with Crippen LogP contribution in [0.2, 0.25) is 0 Å². The van der Waals surface area contributed by atoms with Gasteiger partial charge in [0, 0.05) is 18.0 Å². The maximum absolute atomic E-state index is 12.4. The highest BCUT2D eigenvalue weighted by Crippen LogP contribution is 2.21. The minimum Gasteiger partial charge on any atom is -0.263 e. The van der Waals surface area contributed by atoms with Crippen molar-refractivity contribution < 1.29 is 8.42 Å². The van der Waals surface area contributed by atoms with Crippen molar-refractivity contribution >= 4 is 38.5 Å². The third kappa shape index (κ3) is 3.92. The molecule has 0 unspecified atom stereocenters. The SMILES string of the molecule is O=S(=O)(Nc1ccccn1)c1ccc(N=Cc2cccc3ccccc23)cc1. The minimum absolute atomic E-state index is 0.155. The lowest BCUT2D eigenvalue weighted by molar-refractivity contribution is 0.601. The van der Waals surface area contributed by atoms with Crippen LogP contribution in [0.3, 0.4) is 0 Å². The molecule has 138 valence electrons. The van der Waals surface area contributed by atoms with Crippen molar-refractivity contribution in [3.63, 3.8) is 0 Å². The molecule has 4 aromatic rings. The second-order valence-electron chi connectivity index (χ2n) is 6.14. The van der Waals surface area contributed by atoms with E-state index in [2.05, 4.69) is 32.9 Å². The average Bonchev–Trinajstić information content (AvgIpc) is 2.73. The summed E-state index contributed by atoms with van der Waals surface area (Å²) in [7, 11) is -3.69. The number of rotatable bonds is 5. The molecule has 1 aromatic heterocycles. The first-order valence-corrected chi connectivity index (χ1v) is 10.2. The molecule has 0 saturated heterocycles. The average molecular weight is 387 g/mol. The number of pyridine rings is 1. The lowest BCUT2D eigenvalue weighted by Crippen LogP contribution is -2.13. The van der Waals surface area contributed by atoms with Gasteiger partial charge in [-0.25, -0.2) is 13.4 Å². The standard InChI is InChI=1S/C22H17N3O2S/c26-28(27,25-22-10-3-4-15-23-22)20-13-11-19(12-14-20)24-16-18-8-5-7-17-6-1-2-9-21(17)18/h1-16H,(H,23,25). The van der Waals surface area contributed by atoms with E-state index in [-0.39, 0.29) is 10.7 Å². The molecule has 6 heteroatoms. The van der Waals surface area contributed by atoms with Gasteiger partial charge < -0.3 is 0 Å². The molecule has 0 atom stereocenters. The van der Waals surface area contributed by atoms with Gasteiger partial charge in [-0.2, -0.15) is 0 Å². The zero-order chi connectivity index (χ0) is 19.4. The fourth-order valence-electron chi connectivity index (χ4n) is 2.84. The molecule has 28 heavy (non-hydrogen) atoms. The Bertz CT molecular complexity index is 1230. The van der Waals surface area contributed by atoms with E-state index in [4.69, 9.17) is 0 Å². The predicted octanol–water partition coefficient (Wildman–Crippen LogP) is 4.79. The zero-order valence-electron chi connectivity index (χ0n) is 14.9. The molecule has 0 radical (unpaired) electrons. The summed E-state index contributed by atoms with van der Waals surface area (Å²) in [5.74, 6) is 0.278. The second kappa shape index (κ2) is 7.62. The van der Waals surface area contributed by atoms with E-state index in [0.717, 1.165) is 16.3 Å². The summed E-state index contributed by atoms with van der Waals surface area (Å²) in [5.41, 5.74) is 1.68. The third-order valence-corrected chi connectivity index (χ3v) is 5.60. The molecule has 4 rings (SSSR count). The smallest absolute Gasteiger partial charge is 0.263 e. The molecule has 0 spiro atoms. The Hall–Kier alpha value is -3.51. The maximum Gasteiger partial charge on any atom is 0.263 e. The highest BCUT2D eigenvalue weighted by atomic mass is 32.2. The summed E-state index contributed by atoms with van der Waals surface area (Å²) in [4.78, 5) is 8.62. The lowest BCUT2D eigenvalue weighted by atomic mass is 10.1. The van der Waals surface area contributed by atoms with Crippen LogP contribution in [0.5, 0.6) is 0 Å². The number of nitrogens with zero attached hydrogens (tertiary/aromatic N) is 2. The molecule has 0 aliphatic rings. The van der Waals surface area contributed by atoms with Crippen LogP contribution in [-0.2, 0) is 10.0 Å². The Morgan fingerprint density at radius 1 is 0.821 bits per heavy atom. The van der Waals surface area contributed by atoms with Gasteiger partial charge in [-0.15, -0.1) is 0 Å². The van der Waals surface area contributed by atoms with Crippen molar-refractivity contribution in [1.29, 1.82) is 0 Å². The van der Waals surface area contributed by atoms with Crippen LogP contribution in [0.4, 0.5) is 11.5 Å². The monoisotopic (exact) mass is 387 g/mol. The third-order valence-electron chi connectivity index (χ3n) is 4.23. The van der Waals surface area contributed by atoms with Crippen molar-refractivity contribution in [2.24, 2.45) is 4.99 Å². The Balaban J connectivity index is 1.55. The molecule has 0 aliphatic carbocycles. The first kappa shape index (κ1) is 17.9. The summed E-state index contributed by atoms with van der Waals surface area (Å²) in [5, 5.41) is 2.26. The van der Waals surface area contributed by atoms with Gasteiger partial charge in [0.05, 0.1) is 10.6 Å². The number of fused-ring (bicyclic) bond motifs is 1. The normalized spacial score (nSPS) is 11.7. The Labute approximate surface area is 163 Å². The van der Waals surface area contributed by atoms with E-state index < -0.39 is 10.0 Å². The van der Waals surface area contributed by atoms with Crippen molar-refractivity contribution in [1.82, 2.24) is 4.98 Å². The Morgan fingerprint density at radius 2 is 1.57 bits per heavy atom. The van der Waals surface area contributed by atoms with Gasteiger partial charge in [-0.05, 0) is 47.2 Å². The van der Waals surface area contributed by atoms with E-state index in [1.165, 1.54) is 18.3 Å². The van der Waals surface area contributed by atoms with Crippen LogP contribution in [0, 0.1) is 0 Å². The van der Waals surface area contributed by atoms with Crippen LogP contribution in [0.25, 0.3) is 10.8 Å². The predicted molar refractivity (Wildman–Crippen MR) is 113 cm³/mol. The summed E-state index contributed by atoms with van der Waals surface area (Å²) in [6, 6.07) is 25.6. The maximum atomic E-state index is 12.4. The summed E-state index contributed by atoms with van der Waals surface area (Å²) in [6.45, 7) is 0. The fourth-order valence-corrected chi connectivity index (χ4v) is 3.85. The number of hydrogen-bond acceptors (Lipinski definition) is 4. The molecule has 0 saturated carbocycles. The topological polar surface area (TPSA) is 71.4 Å². The van der Waals surface area contributed by atoms with Crippen molar-refractivity contribution in [3.05, 3.63) is 96.7 Å². The summed E-state index contributed by atoms with van der Waals surface area (Å²) < 4.78 is 27.4. The van der Waals surface area contributed by atoms with E-state index in [9.17, 15) is 8.42 Å². The number of hydrogen-bond donors (Lipinski definition) is 1. The fraction of sp³-hybridized carbons (Fsp3) is 0. The van der Waals surface area contributed by atoms with Gasteiger partial charge in [0.1, 0.15) is 5.82 Å². The molecule has 0 fully saturated rings. The van der Waals surface area contributed by atoms with Crippen LogP contribution in [-0.4, -0.2) is 19.6 Å². The number of anilines is 1. The molecule has 5 nitrogen and oxygen atoms in total. The van der Waals surface area contributed by atoms with Gasteiger partial charge >= 0.3 is 0 Å². The van der Waals surface area contributed by atoms with Crippen LogP contribution < -0.4 is 4.72 Å². The van der Waals surface area contributed by atoms with Crippen molar-refractivity contribution in [2.75, 3.05) is 4.72 Å². The number of sulfonamides is 1. The summed E-state index contributed by atoms with van der Waals surface area (Å²) >= 11 is 0. The van der Waals surface area contributed by atoms with Gasteiger partial charge in [0.15, 0.2) is 0 Å². The molecule has 1 heterocycles. The molecular formula is C22H17N3O2S. The Kier molecular flexibility index (Phi) is 4.87. The van der Waals surface area contributed by atoms with Gasteiger partial charge in [-0.3, -0.25) is 9.71 Å². The quantitative estimate of drug-likeness (QED) is 0.501. The lowest BCUT2D eigenvalue weighted by Gasteiger charge is -2.07. The Morgan fingerprint density at radius 3 is 2.36 bits per heavy atom. The van der Waals surface area contributed by atoms with Gasteiger partial charge in [0.25, 0.3) is 10.0 Å². The first-order valence-electron chi connectivity index (χ1n) is 8.68. The van der Waals surface area contributed by atoms with Crippen molar-refractivity contribution in [2.45, 2.75) is 4.90 Å². The van der Waals surface area contributed by atoms with E-state index in [1.54, 1.807) is 36.5 Å². The van der Waals surface area contributed by atoms with E-state index in [0.29, 0.717) is 5.69 Å². The zero-order valence-corrected chi connectivity index (χ0v) is 15.7. The van der Waals surface area contributed by atoms with Crippen molar-refractivity contribution in [3.8, 4) is 0 Å². The second-order valence-corrected chi connectivity index (χ2v) is 7.82. The first-order chi connectivity index (χ1) is 13.6. The number of aromatic nitrogens is 1. The summed E-state index contributed by atoms with van der Waals surface area (Å²) in [6.07, 6.45) is 3.32. The van der Waals surface area contributed by atoms with Gasteiger partial charge in [0.2, 0.25) is 0 Å². The largest absolute Gasteiger partial charge is 0.263 e. The van der Waals surface area contributed by atoms with Crippen LogP contribution >= 0.6 is 0 Å². The number of nitrogens with one attached hydrogen (secondary N) is 1. The molecule has 0 aliphatic heterocycles. The minimum atomic E-state index is -3.69. The molecule has 0 amide bonds. The van der Waals surface area contributed by atoms with Crippen LogP contribution in [0.1, 0.15) is 5.56 Å². The molecule has 0 bridgehead atoms. The van der Waals surface area contributed by atoms with Crippen LogP contribution in [0.15, 0.2) is 101 Å². The molecular weight excluding hydrogens is 370 g/mol. The van der Waals surface area contributed by atoms with E-state index >= 15 is 0 Å².